The van der Waals surface area contributed by atoms with E-state index in [1.54, 1.807) is 0 Å². The Morgan fingerprint density at radius 3 is 2.87 bits per heavy atom. The van der Waals surface area contributed by atoms with Crippen molar-refractivity contribution in [3.63, 3.8) is 0 Å². The zero-order valence-electron chi connectivity index (χ0n) is 17.0. The summed E-state index contributed by atoms with van der Waals surface area (Å²) in [6, 6.07) is 15.4. The van der Waals surface area contributed by atoms with Crippen LogP contribution in [-0.2, 0) is 11.2 Å². The molecule has 0 bridgehead atoms. The monoisotopic (exact) mass is 425 g/mol. The molecule has 2 aromatic rings. The fourth-order valence-corrected chi connectivity index (χ4v) is 5.38. The molecule has 2 aromatic carbocycles. The Hall–Kier alpha value is -2.37. The van der Waals surface area contributed by atoms with Gasteiger partial charge in [0.1, 0.15) is 0 Å². The third-order valence-electron chi connectivity index (χ3n) is 6.99. The molecule has 0 aromatic heterocycles. The fourth-order valence-electron chi connectivity index (χ4n) is 5.38. The number of para-hydroxylation sites is 1. The van der Waals surface area contributed by atoms with Crippen LogP contribution in [0.1, 0.15) is 41.6 Å². The second-order valence-corrected chi connectivity index (χ2v) is 8.60. The van der Waals surface area contributed by atoms with Crippen LogP contribution in [0.25, 0.3) is 0 Å². The van der Waals surface area contributed by atoms with Crippen LogP contribution < -0.4 is 15.5 Å². The first-order valence-corrected chi connectivity index (χ1v) is 10.7. The summed E-state index contributed by atoms with van der Waals surface area (Å²) in [5.74, 6) is 0.507. The minimum absolute atomic E-state index is 0. The van der Waals surface area contributed by atoms with Crippen LogP contribution in [0.4, 0.5) is 11.4 Å². The highest BCUT2D eigenvalue weighted by Gasteiger charge is 2.49. The van der Waals surface area contributed by atoms with Crippen molar-refractivity contribution in [2.24, 2.45) is 11.3 Å². The number of carbonyl (C=O) groups is 2. The van der Waals surface area contributed by atoms with Crippen molar-refractivity contribution in [3.05, 3.63) is 59.7 Å². The van der Waals surface area contributed by atoms with E-state index < -0.39 is 0 Å². The van der Waals surface area contributed by atoms with Gasteiger partial charge in [-0.05, 0) is 61.6 Å². The van der Waals surface area contributed by atoms with E-state index in [1.807, 2.05) is 47.4 Å². The lowest BCUT2D eigenvalue weighted by Crippen LogP contribution is -2.44. The molecule has 30 heavy (non-hydrogen) atoms. The number of fused-ring (bicyclic) bond motifs is 2. The molecular formula is C24H28ClN3O2. The number of halogens is 1. The van der Waals surface area contributed by atoms with Gasteiger partial charge < -0.3 is 15.5 Å². The minimum Gasteiger partial charge on any atom is -0.326 e. The van der Waals surface area contributed by atoms with E-state index in [4.69, 9.17) is 0 Å². The fraction of sp³-hybridized carbons (Fsp3) is 0.417. The van der Waals surface area contributed by atoms with Gasteiger partial charge in [-0.15, -0.1) is 12.4 Å². The molecule has 5 nitrogen and oxygen atoms in total. The molecule has 2 heterocycles. The first-order valence-electron chi connectivity index (χ1n) is 10.7. The molecule has 0 spiro atoms. The Balaban J connectivity index is 0.00000218. The van der Waals surface area contributed by atoms with E-state index in [1.165, 1.54) is 12.0 Å². The van der Waals surface area contributed by atoms with Crippen LogP contribution in [0.15, 0.2) is 48.5 Å². The smallest absolute Gasteiger partial charge is 0.258 e. The highest BCUT2D eigenvalue weighted by molar-refractivity contribution is 6.08. The van der Waals surface area contributed by atoms with Crippen LogP contribution in [0.5, 0.6) is 0 Å². The molecule has 2 amide bonds. The van der Waals surface area contributed by atoms with Gasteiger partial charge in [-0.2, -0.15) is 0 Å². The molecule has 158 valence electrons. The second kappa shape index (κ2) is 8.40. The summed E-state index contributed by atoms with van der Waals surface area (Å²) >= 11 is 0. The zero-order chi connectivity index (χ0) is 19.8. The number of amides is 2. The SMILES string of the molecule is Cl.O=C(c1cccc(NC(=O)[C@@]23CCCC[C@H]2CNC3)c1)N1CCc2ccccc21. The van der Waals surface area contributed by atoms with Crippen molar-refractivity contribution in [2.75, 3.05) is 29.9 Å². The Labute approximate surface area is 183 Å². The van der Waals surface area contributed by atoms with E-state index in [2.05, 4.69) is 16.7 Å². The predicted molar refractivity (Wildman–Crippen MR) is 121 cm³/mol. The summed E-state index contributed by atoms with van der Waals surface area (Å²) in [5, 5.41) is 6.56. The first-order chi connectivity index (χ1) is 14.2. The van der Waals surface area contributed by atoms with Gasteiger partial charge in [0.25, 0.3) is 5.91 Å². The average Bonchev–Trinajstić information content (AvgIpc) is 3.38. The van der Waals surface area contributed by atoms with E-state index in [9.17, 15) is 9.59 Å². The number of anilines is 2. The van der Waals surface area contributed by atoms with Gasteiger partial charge >= 0.3 is 0 Å². The number of benzene rings is 2. The summed E-state index contributed by atoms with van der Waals surface area (Å²) in [6.07, 6.45) is 5.27. The molecule has 5 rings (SSSR count). The summed E-state index contributed by atoms with van der Waals surface area (Å²) in [7, 11) is 0. The number of nitrogens with one attached hydrogen (secondary N) is 2. The molecule has 2 N–H and O–H groups in total. The Kier molecular flexibility index (Phi) is 5.85. The van der Waals surface area contributed by atoms with Gasteiger partial charge in [-0.25, -0.2) is 0 Å². The molecule has 6 heteroatoms. The lowest BCUT2D eigenvalue weighted by Gasteiger charge is -2.37. The summed E-state index contributed by atoms with van der Waals surface area (Å²) in [4.78, 5) is 28.2. The number of carbonyl (C=O) groups excluding carboxylic acids is 2. The van der Waals surface area contributed by atoms with Gasteiger partial charge in [0, 0.05) is 30.0 Å². The molecule has 3 aliphatic rings. The third-order valence-corrected chi connectivity index (χ3v) is 6.99. The average molecular weight is 426 g/mol. The molecule has 2 aliphatic heterocycles. The normalized spacial score (nSPS) is 24.5. The molecular weight excluding hydrogens is 398 g/mol. The van der Waals surface area contributed by atoms with Gasteiger partial charge in [0.05, 0.1) is 5.41 Å². The Morgan fingerprint density at radius 1 is 1.10 bits per heavy atom. The van der Waals surface area contributed by atoms with E-state index >= 15 is 0 Å². The van der Waals surface area contributed by atoms with Crippen molar-refractivity contribution < 1.29 is 9.59 Å². The summed E-state index contributed by atoms with van der Waals surface area (Å²) < 4.78 is 0. The molecule has 2 fully saturated rings. The number of hydrogen-bond donors (Lipinski definition) is 2. The zero-order valence-corrected chi connectivity index (χ0v) is 17.8. The van der Waals surface area contributed by atoms with Crippen molar-refractivity contribution >= 4 is 35.6 Å². The summed E-state index contributed by atoms with van der Waals surface area (Å²) in [5.41, 5.74) is 3.22. The van der Waals surface area contributed by atoms with Crippen molar-refractivity contribution in [2.45, 2.75) is 32.1 Å². The van der Waals surface area contributed by atoms with Crippen LogP contribution >= 0.6 is 12.4 Å². The number of rotatable bonds is 3. The van der Waals surface area contributed by atoms with Gasteiger partial charge in [0.2, 0.25) is 5.91 Å². The maximum Gasteiger partial charge on any atom is 0.258 e. The minimum atomic E-state index is -0.299. The van der Waals surface area contributed by atoms with Gasteiger partial charge in [-0.3, -0.25) is 9.59 Å². The Morgan fingerprint density at radius 2 is 1.97 bits per heavy atom. The van der Waals surface area contributed by atoms with Gasteiger partial charge in [-0.1, -0.05) is 37.1 Å². The highest BCUT2D eigenvalue weighted by Crippen LogP contribution is 2.44. The third kappa shape index (κ3) is 3.50. The molecule has 0 radical (unpaired) electrons. The van der Waals surface area contributed by atoms with Gasteiger partial charge in [0.15, 0.2) is 0 Å². The molecule has 1 saturated heterocycles. The van der Waals surface area contributed by atoms with E-state index in [-0.39, 0.29) is 29.6 Å². The molecule has 0 unspecified atom stereocenters. The topological polar surface area (TPSA) is 61.4 Å². The molecule has 1 saturated carbocycles. The predicted octanol–water partition coefficient (Wildman–Crippen LogP) is 4.03. The highest BCUT2D eigenvalue weighted by atomic mass is 35.5. The largest absolute Gasteiger partial charge is 0.326 e. The van der Waals surface area contributed by atoms with Crippen LogP contribution in [0.2, 0.25) is 0 Å². The molecule has 1 aliphatic carbocycles. The Bertz CT molecular complexity index is 963. The standard InChI is InChI=1S/C24H27N3O2.ClH/c28-22(27-13-11-17-6-1-2-10-21(17)27)18-7-5-9-20(14-18)26-23(29)24-12-4-3-8-19(24)15-25-16-24;/h1-2,5-7,9-10,14,19,25H,3-4,8,11-13,15-16H2,(H,26,29);1H/t19-,24+;/m0./s1. The lowest BCUT2D eigenvalue weighted by atomic mass is 9.67. The lowest BCUT2D eigenvalue weighted by molar-refractivity contribution is -0.128. The summed E-state index contributed by atoms with van der Waals surface area (Å²) in [6.45, 7) is 2.39. The second-order valence-electron chi connectivity index (χ2n) is 8.60. The number of hydrogen-bond acceptors (Lipinski definition) is 3. The van der Waals surface area contributed by atoms with Crippen LogP contribution in [0.3, 0.4) is 0 Å². The van der Waals surface area contributed by atoms with Crippen molar-refractivity contribution in [3.8, 4) is 0 Å². The first kappa shape index (κ1) is 20.9. The maximum absolute atomic E-state index is 13.2. The van der Waals surface area contributed by atoms with Crippen LogP contribution in [0, 0.1) is 11.3 Å². The van der Waals surface area contributed by atoms with E-state index in [0.29, 0.717) is 23.7 Å². The van der Waals surface area contributed by atoms with Crippen molar-refractivity contribution in [1.82, 2.24) is 5.32 Å². The van der Waals surface area contributed by atoms with Crippen LogP contribution in [-0.4, -0.2) is 31.4 Å². The van der Waals surface area contributed by atoms with E-state index in [0.717, 1.165) is 44.5 Å². The maximum atomic E-state index is 13.2. The van der Waals surface area contributed by atoms with Crippen molar-refractivity contribution in [1.29, 1.82) is 0 Å². The number of nitrogens with zero attached hydrogens (tertiary/aromatic N) is 1. The quantitative estimate of drug-likeness (QED) is 0.780. The molecule has 2 atom stereocenters.